The second-order valence-corrected chi connectivity index (χ2v) is 9.35. The van der Waals surface area contributed by atoms with Gasteiger partial charge in [0, 0.05) is 5.56 Å². The smallest absolute Gasteiger partial charge is 0.338 e. The molecule has 1 N–H and O–H groups in total. The van der Waals surface area contributed by atoms with Crippen molar-refractivity contribution in [2.24, 2.45) is 17.8 Å². The van der Waals surface area contributed by atoms with Crippen LogP contribution in [0.5, 0.6) is 11.5 Å². The lowest BCUT2D eigenvalue weighted by molar-refractivity contribution is -0.142. The van der Waals surface area contributed by atoms with E-state index in [4.69, 9.17) is 14.2 Å². The number of carbonyl (C=O) groups is 2. The molecule has 32 heavy (non-hydrogen) atoms. The summed E-state index contributed by atoms with van der Waals surface area (Å²) in [6.07, 6.45) is 4.20. The molecule has 2 aliphatic carbocycles. The van der Waals surface area contributed by atoms with E-state index in [0.717, 1.165) is 48.3 Å². The fourth-order valence-electron chi connectivity index (χ4n) is 4.89. The normalized spacial score (nSPS) is 23.5. The molecule has 0 spiro atoms. The Kier molecular flexibility index (Phi) is 5.53. The van der Waals surface area contributed by atoms with E-state index in [1.54, 1.807) is 13.0 Å². The van der Waals surface area contributed by atoms with Gasteiger partial charge < -0.3 is 19.3 Å². The molecule has 2 aromatic rings. The summed E-state index contributed by atoms with van der Waals surface area (Å²) in [4.78, 5) is 23.1. The summed E-state index contributed by atoms with van der Waals surface area (Å²) < 4.78 is 17.1. The van der Waals surface area contributed by atoms with Gasteiger partial charge >= 0.3 is 11.9 Å². The molecule has 2 saturated carbocycles. The van der Waals surface area contributed by atoms with Crippen molar-refractivity contribution in [2.75, 3.05) is 6.61 Å². The van der Waals surface area contributed by atoms with E-state index in [9.17, 15) is 14.7 Å². The minimum atomic E-state index is -0.740. The first-order chi connectivity index (χ1) is 15.5. The number of carboxylic acids is 1. The third-order valence-corrected chi connectivity index (χ3v) is 6.94. The summed E-state index contributed by atoms with van der Waals surface area (Å²) in [6, 6.07) is 13.4. The van der Waals surface area contributed by atoms with Gasteiger partial charge in [-0.05, 0) is 79.3 Å². The Labute approximate surface area is 187 Å². The summed E-state index contributed by atoms with van der Waals surface area (Å²) in [7, 11) is 0. The number of hydrogen-bond donors (Lipinski definition) is 1. The van der Waals surface area contributed by atoms with Crippen LogP contribution in [-0.2, 0) is 16.1 Å². The lowest BCUT2D eigenvalue weighted by Crippen LogP contribution is -2.37. The van der Waals surface area contributed by atoms with Crippen molar-refractivity contribution in [2.45, 2.75) is 51.2 Å². The van der Waals surface area contributed by atoms with Gasteiger partial charge in [0.15, 0.2) is 0 Å². The lowest BCUT2D eigenvalue weighted by Gasteiger charge is -2.35. The monoisotopic (exact) mass is 436 g/mol. The van der Waals surface area contributed by atoms with Gasteiger partial charge in [0.05, 0.1) is 24.2 Å². The van der Waals surface area contributed by atoms with Crippen molar-refractivity contribution in [3.63, 3.8) is 0 Å². The van der Waals surface area contributed by atoms with Crippen molar-refractivity contribution >= 4 is 11.9 Å². The molecule has 2 aromatic carbocycles. The largest absolute Gasteiger partial charge is 0.493 e. The van der Waals surface area contributed by atoms with Crippen LogP contribution in [0, 0.1) is 17.8 Å². The molecule has 2 atom stereocenters. The number of fused-ring (bicyclic) bond motifs is 1. The van der Waals surface area contributed by atoms with Crippen molar-refractivity contribution < 1.29 is 28.9 Å². The number of cyclic esters (lactones) is 1. The SMILES string of the molecule is C[C@H](C(=O)O)C(c1cccc(OCC2CC(Oc3ccc4c(c3)COC4=O)C2)c1)C1CC1. The van der Waals surface area contributed by atoms with Crippen molar-refractivity contribution in [3.05, 3.63) is 59.2 Å². The van der Waals surface area contributed by atoms with E-state index in [2.05, 4.69) is 0 Å². The molecule has 0 bridgehead atoms. The van der Waals surface area contributed by atoms with E-state index in [1.165, 1.54) is 0 Å². The molecule has 6 heteroatoms. The topological polar surface area (TPSA) is 82.1 Å². The van der Waals surface area contributed by atoms with E-state index in [0.29, 0.717) is 30.6 Å². The molecule has 1 heterocycles. The van der Waals surface area contributed by atoms with Gasteiger partial charge in [-0.3, -0.25) is 4.79 Å². The summed E-state index contributed by atoms with van der Waals surface area (Å²) in [5, 5.41) is 9.50. The van der Waals surface area contributed by atoms with Gasteiger partial charge in [-0.1, -0.05) is 19.1 Å². The number of benzene rings is 2. The van der Waals surface area contributed by atoms with Crippen LogP contribution in [0.1, 0.15) is 60.0 Å². The Morgan fingerprint density at radius 1 is 1.16 bits per heavy atom. The molecular formula is C26H28O6. The molecule has 168 valence electrons. The zero-order valence-electron chi connectivity index (χ0n) is 18.2. The minimum absolute atomic E-state index is 0.0468. The first-order valence-corrected chi connectivity index (χ1v) is 11.4. The number of ether oxygens (including phenoxy) is 3. The Morgan fingerprint density at radius 2 is 1.97 bits per heavy atom. The van der Waals surface area contributed by atoms with Gasteiger partial charge in [0.1, 0.15) is 18.1 Å². The third-order valence-electron chi connectivity index (χ3n) is 6.94. The molecule has 6 nitrogen and oxygen atoms in total. The highest BCUT2D eigenvalue weighted by Gasteiger charge is 2.39. The first-order valence-electron chi connectivity index (χ1n) is 11.4. The molecule has 0 radical (unpaired) electrons. The molecule has 3 aliphatic rings. The zero-order chi connectivity index (χ0) is 22.2. The molecule has 1 unspecified atom stereocenters. The first kappa shape index (κ1) is 20.9. The third kappa shape index (κ3) is 4.31. The van der Waals surface area contributed by atoms with E-state index in [-0.39, 0.29) is 18.0 Å². The summed E-state index contributed by atoms with van der Waals surface area (Å²) >= 11 is 0. The molecule has 2 fully saturated rings. The number of hydrogen-bond acceptors (Lipinski definition) is 5. The van der Waals surface area contributed by atoms with Gasteiger partial charge in [-0.2, -0.15) is 0 Å². The van der Waals surface area contributed by atoms with Crippen molar-refractivity contribution in [1.82, 2.24) is 0 Å². The maximum Gasteiger partial charge on any atom is 0.338 e. The van der Waals surface area contributed by atoms with E-state index < -0.39 is 11.9 Å². The van der Waals surface area contributed by atoms with Crippen LogP contribution in [0.15, 0.2) is 42.5 Å². The number of rotatable bonds is 9. The van der Waals surface area contributed by atoms with Crippen molar-refractivity contribution in [3.8, 4) is 11.5 Å². The maximum absolute atomic E-state index is 11.6. The van der Waals surface area contributed by atoms with E-state index >= 15 is 0 Å². The van der Waals surface area contributed by atoms with Gasteiger partial charge in [-0.15, -0.1) is 0 Å². The quantitative estimate of drug-likeness (QED) is 0.568. The average molecular weight is 437 g/mol. The molecule has 0 aromatic heterocycles. The molecule has 0 amide bonds. The lowest BCUT2D eigenvalue weighted by atomic mass is 9.82. The molecular weight excluding hydrogens is 408 g/mol. The van der Waals surface area contributed by atoms with E-state index in [1.807, 2.05) is 36.4 Å². The Balaban J connectivity index is 1.12. The summed E-state index contributed by atoms with van der Waals surface area (Å²) in [6.45, 7) is 2.75. The fourth-order valence-corrected chi connectivity index (χ4v) is 4.89. The minimum Gasteiger partial charge on any atom is -0.493 e. The van der Waals surface area contributed by atoms with Gasteiger partial charge in [0.25, 0.3) is 0 Å². The summed E-state index contributed by atoms with van der Waals surface area (Å²) in [5.41, 5.74) is 2.57. The van der Waals surface area contributed by atoms with Crippen LogP contribution >= 0.6 is 0 Å². The second-order valence-electron chi connectivity index (χ2n) is 9.35. The highest BCUT2D eigenvalue weighted by Crippen LogP contribution is 2.47. The highest BCUT2D eigenvalue weighted by atomic mass is 16.5. The van der Waals surface area contributed by atoms with Crippen molar-refractivity contribution in [1.29, 1.82) is 0 Å². The van der Waals surface area contributed by atoms with Crippen LogP contribution in [-0.4, -0.2) is 29.8 Å². The number of esters is 1. The molecule has 5 rings (SSSR count). The Hall–Kier alpha value is -3.02. The highest BCUT2D eigenvalue weighted by molar-refractivity contribution is 5.93. The summed E-state index contributed by atoms with van der Waals surface area (Å²) in [5.74, 6) is 1.12. The zero-order valence-corrected chi connectivity index (χ0v) is 18.2. The number of carbonyl (C=O) groups excluding carboxylic acids is 1. The van der Waals surface area contributed by atoms with Crippen LogP contribution in [0.3, 0.4) is 0 Å². The van der Waals surface area contributed by atoms with Crippen LogP contribution in [0.25, 0.3) is 0 Å². The average Bonchev–Trinajstić information content (AvgIpc) is 3.52. The Bertz CT molecular complexity index is 1020. The van der Waals surface area contributed by atoms with Crippen LogP contribution in [0.4, 0.5) is 0 Å². The second kappa shape index (κ2) is 8.49. The predicted octanol–water partition coefficient (Wildman–Crippen LogP) is 4.81. The molecule has 1 aliphatic heterocycles. The fraction of sp³-hybridized carbons (Fsp3) is 0.462. The maximum atomic E-state index is 11.6. The van der Waals surface area contributed by atoms with Crippen LogP contribution in [0.2, 0.25) is 0 Å². The van der Waals surface area contributed by atoms with Gasteiger partial charge in [-0.25, -0.2) is 4.79 Å². The standard InChI is InChI=1S/C26H28O6/c1-15(25(27)28)24(17-5-6-17)18-3-2-4-20(11-18)30-13-16-9-22(10-16)32-21-7-8-23-19(12-21)14-31-26(23)29/h2-4,7-8,11-12,15-17,22,24H,5-6,9-10,13-14H2,1H3,(H,27,28)/t15-,16?,22?,24?/m0/s1. The molecule has 0 saturated heterocycles. The van der Waals surface area contributed by atoms with Gasteiger partial charge in [0.2, 0.25) is 0 Å². The predicted molar refractivity (Wildman–Crippen MR) is 117 cm³/mol. The Morgan fingerprint density at radius 3 is 2.72 bits per heavy atom. The number of carboxylic acid groups (broad SMARTS) is 1. The number of aliphatic carboxylic acids is 1. The van der Waals surface area contributed by atoms with Crippen LogP contribution < -0.4 is 9.47 Å².